The van der Waals surface area contributed by atoms with E-state index in [2.05, 4.69) is 5.32 Å². The average molecular weight is 253 g/mol. The van der Waals surface area contributed by atoms with Gasteiger partial charge in [0.25, 0.3) is 0 Å². The summed E-state index contributed by atoms with van der Waals surface area (Å²) in [6.45, 7) is 0.456. The molecule has 0 heterocycles. The van der Waals surface area contributed by atoms with Gasteiger partial charge in [0.2, 0.25) is 5.91 Å². The molecule has 3 N–H and O–H groups in total. The van der Waals surface area contributed by atoms with E-state index in [-0.39, 0.29) is 19.4 Å². The normalized spacial score (nSPS) is 10.4. The second-order valence-corrected chi connectivity index (χ2v) is 3.89. The number of aliphatic hydroxyl groups excluding tert-OH is 2. The molecular formula is C9H19NO5S. The lowest BCUT2D eigenvalue weighted by Crippen LogP contribution is -2.23. The summed E-state index contributed by atoms with van der Waals surface area (Å²) >= 11 is 1.56. The molecule has 0 aliphatic heterocycles. The third kappa shape index (κ3) is 11.7. The first kappa shape index (κ1) is 15.7. The number of hydrogen-bond donors (Lipinski definition) is 3. The zero-order chi connectivity index (χ0) is 12.1. The van der Waals surface area contributed by atoms with Gasteiger partial charge >= 0.3 is 0 Å². The van der Waals surface area contributed by atoms with E-state index < -0.39 is 0 Å². The van der Waals surface area contributed by atoms with Gasteiger partial charge in [-0.2, -0.15) is 0 Å². The first-order chi connectivity index (χ1) is 7.81. The van der Waals surface area contributed by atoms with Crippen molar-refractivity contribution < 1.29 is 24.5 Å². The Bertz CT molecular complexity index is 170. The molecule has 6 nitrogen and oxygen atoms in total. The lowest BCUT2D eigenvalue weighted by atomic mass is 10.3. The Morgan fingerprint density at radius 2 is 2.06 bits per heavy atom. The summed E-state index contributed by atoms with van der Waals surface area (Å²) in [7, 11) is 0. The fourth-order valence-corrected chi connectivity index (χ4v) is 1.46. The van der Waals surface area contributed by atoms with E-state index in [1.54, 1.807) is 11.8 Å². The van der Waals surface area contributed by atoms with Crippen molar-refractivity contribution in [3.05, 3.63) is 0 Å². The highest BCUT2D eigenvalue weighted by Gasteiger charge is 1.98. The van der Waals surface area contributed by atoms with Crippen LogP contribution >= 0.6 is 11.8 Å². The van der Waals surface area contributed by atoms with Gasteiger partial charge in [-0.3, -0.25) is 4.79 Å². The molecule has 0 aromatic heterocycles. The molecule has 0 bridgehead atoms. The summed E-state index contributed by atoms with van der Waals surface area (Å²) < 4.78 is 9.97. The maximum Gasteiger partial charge on any atom is 0.221 e. The SMILES string of the molecule is O=C(CCCOCSCCOCO)NCO. The average Bonchev–Trinajstić information content (AvgIpc) is 2.27. The minimum absolute atomic E-state index is 0.171. The van der Waals surface area contributed by atoms with Gasteiger partial charge in [-0.25, -0.2) is 0 Å². The maximum atomic E-state index is 10.9. The summed E-state index contributed by atoms with van der Waals surface area (Å²) in [5.41, 5.74) is 0. The Labute approximate surface area is 99.3 Å². The molecule has 16 heavy (non-hydrogen) atoms. The number of nitrogens with one attached hydrogen (secondary N) is 1. The molecule has 0 aliphatic rings. The molecule has 0 spiro atoms. The van der Waals surface area contributed by atoms with Gasteiger partial charge in [0.15, 0.2) is 0 Å². The molecular weight excluding hydrogens is 234 g/mol. The largest absolute Gasteiger partial charge is 0.377 e. The van der Waals surface area contributed by atoms with Crippen LogP contribution in [0.15, 0.2) is 0 Å². The number of hydrogen-bond acceptors (Lipinski definition) is 6. The quantitative estimate of drug-likeness (QED) is 0.340. The third-order valence-electron chi connectivity index (χ3n) is 1.60. The molecule has 0 radical (unpaired) electrons. The van der Waals surface area contributed by atoms with E-state index in [0.29, 0.717) is 32.0 Å². The van der Waals surface area contributed by atoms with Crippen LogP contribution in [-0.4, -0.2) is 54.5 Å². The number of carbonyl (C=O) groups is 1. The second kappa shape index (κ2) is 12.7. The van der Waals surface area contributed by atoms with Gasteiger partial charge in [0.1, 0.15) is 13.5 Å². The second-order valence-electron chi connectivity index (χ2n) is 2.83. The monoisotopic (exact) mass is 253 g/mol. The number of carbonyl (C=O) groups excluding carboxylic acids is 1. The predicted octanol–water partition coefficient (Wildman–Crippen LogP) is -0.494. The fraction of sp³-hybridized carbons (Fsp3) is 0.889. The lowest BCUT2D eigenvalue weighted by molar-refractivity contribution is -0.122. The van der Waals surface area contributed by atoms with Crippen molar-refractivity contribution in [2.24, 2.45) is 0 Å². The molecule has 0 aromatic rings. The summed E-state index contributed by atoms with van der Waals surface area (Å²) in [6, 6.07) is 0. The Hall–Kier alpha value is -0.340. The number of rotatable bonds is 11. The molecule has 0 aliphatic carbocycles. The molecule has 0 saturated carbocycles. The van der Waals surface area contributed by atoms with Crippen molar-refractivity contribution in [2.45, 2.75) is 12.8 Å². The van der Waals surface area contributed by atoms with Crippen molar-refractivity contribution in [1.82, 2.24) is 5.32 Å². The van der Waals surface area contributed by atoms with E-state index in [1.165, 1.54) is 0 Å². The van der Waals surface area contributed by atoms with Crippen molar-refractivity contribution in [1.29, 1.82) is 0 Å². The van der Waals surface area contributed by atoms with E-state index in [0.717, 1.165) is 5.75 Å². The van der Waals surface area contributed by atoms with Crippen LogP contribution in [0, 0.1) is 0 Å². The van der Waals surface area contributed by atoms with Gasteiger partial charge in [0.05, 0.1) is 12.5 Å². The Balaban J connectivity index is 3.01. The van der Waals surface area contributed by atoms with Crippen LogP contribution in [0.5, 0.6) is 0 Å². The first-order valence-corrected chi connectivity index (χ1v) is 6.18. The van der Waals surface area contributed by atoms with Crippen LogP contribution in [0.4, 0.5) is 0 Å². The van der Waals surface area contributed by atoms with Crippen LogP contribution in [-0.2, 0) is 14.3 Å². The van der Waals surface area contributed by atoms with Crippen LogP contribution in [0.1, 0.15) is 12.8 Å². The summed E-state index contributed by atoms with van der Waals surface area (Å²) in [5.74, 6) is 1.15. The van der Waals surface area contributed by atoms with E-state index >= 15 is 0 Å². The molecule has 0 saturated heterocycles. The number of aliphatic hydroxyl groups is 2. The fourth-order valence-electron chi connectivity index (χ4n) is 0.871. The molecule has 0 atom stereocenters. The molecule has 0 unspecified atom stereocenters. The Morgan fingerprint density at radius 1 is 1.25 bits per heavy atom. The summed E-state index contributed by atoms with van der Waals surface area (Å²) in [5, 5.41) is 19.0. The number of thioether (sulfide) groups is 1. The van der Waals surface area contributed by atoms with Gasteiger partial charge in [-0.1, -0.05) is 0 Å². The zero-order valence-electron chi connectivity index (χ0n) is 9.18. The molecule has 0 rings (SSSR count). The van der Waals surface area contributed by atoms with Crippen LogP contribution < -0.4 is 5.32 Å². The Morgan fingerprint density at radius 3 is 2.75 bits per heavy atom. The van der Waals surface area contributed by atoms with Gasteiger partial charge in [0, 0.05) is 18.8 Å². The topological polar surface area (TPSA) is 88.0 Å². The molecule has 1 amide bonds. The number of amides is 1. The van der Waals surface area contributed by atoms with E-state index in [4.69, 9.17) is 19.7 Å². The Kier molecular flexibility index (Phi) is 12.5. The third-order valence-corrected chi connectivity index (χ3v) is 2.39. The standard InChI is InChI=1S/C9H19NO5S/c11-6-10-9(13)2-1-3-15-8-16-5-4-14-7-12/h11-12H,1-8H2,(H,10,13). The van der Waals surface area contributed by atoms with Crippen LogP contribution in [0.25, 0.3) is 0 Å². The molecule has 7 heteroatoms. The molecule has 0 aromatic carbocycles. The maximum absolute atomic E-state index is 10.9. The molecule has 96 valence electrons. The van der Waals surface area contributed by atoms with Gasteiger partial charge in [-0.15, -0.1) is 11.8 Å². The smallest absolute Gasteiger partial charge is 0.221 e. The highest BCUT2D eigenvalue weighted by atomic mass is 32.2. The van der Waals surface area contributed by atoms with Crippen molar-refractivity contribution in [3.8, 4) is 0 Å². The highest BCUT2D eigenvalue weighted by Crippen LogP contribution is 2.01. The summed E-state index contributed by atoms with van der Waals surface area (Å²) in [6.07, 6.45) is 0.998. The lowest BCUT2D eigenvalue weighted by Gasteiger charge is -2.04. The number of ether oxygens (including phenoxy) is 2. The zero-order valence-corrected chi connectivity index (χ0v) is 10.0. The summed E-state index contributed by atoms with van der Waals surface area (Å²) in [4.78, 5) is 10.9. The first-order valence-electron chi connectivity index (χ1n) is 5.03. The van der Waals surface area contributed by atoms with Gasteiger partial charge < -0.3 is 25.0 Å². The molecule has 0 fully saturated rings. The van der Waals surface area contributed by atoms with E-state index in [1.807, 2.05) is 0 Å². The van der Waals surface area contributed by atoms with Crippen molar-refractivity contribution >= 4 is 17.7 Å². The minimum atomic E-state index is -0.319. The predicted molar refractivity (Wildman–Crippen MR) is 60.8 cm³/mol. The van der Waals surface area contributed by atoms with Crippen LogP contribution in [0.2, 0.25) is 0 Å². The van der Waals surface area contributed by atoms with Crippen LogP contribution in [0.3, 0.4) is 0 Å². The van der Waals surface area contributed by atoms with Crippen molar-refractivity contribution in [3.63, 3.8) is 0 Å². The van der Waals surface area contributed by atoms with Gasteiger partial charge in [-0.05, 0) is 6.42 Å². The minimum Gasteiger partial charge on any atom is -0.377 e. The van der Waals surface area contributed by atoms with Crippen molar-refractivity contribution in [2.75, 3.05) is 38.4 Å². The van der Waals surface area contributed by atoms with E-state index in [9.17, 15) is 4.79 Å². The highest BCUT2D eigenvalue weighted by molar-refractivity contribution is 7.99.